The van der Waals surface area contributed by atoms with Crippen LogP contribution in [0.3, 0.4) is 0 Å². The van der Waals surface area contributed by atoms with E-state index in [9.17, 15) is 4.79 Å². The summed E-state index contributed by atoms with van der Waals surface area (Å²) < 4.78 is 26.6. The maximum absolute atomic E-state index is 16.1. The van der Waals surface area contributed by atoms with Crippen molar-refractivity contribution >= 4 is 17.7 Å². The third-order valence-electron chi connectivity index (χ3n) is 4.08. The summed E-state index contributed by atoms with van der Waals surface area (Å²) in [5, 5.41) is 2.79. The second kappa shape index (κ2) is 7.89. The molecular weight excluding hydrogens is 347 g/mol. The largest absolute Gasteiger partial charge is 0.444 e. The van der Waals surface area contributed by atoms with Gasteiger partial charge in [-0.15, -0.1) is 0 Å². The molecule has 1 amide bonds. The fourth-order valence-corrected chi connectivity index (χ4v) is 3.06. The van der Waals surface area contributed by atoms with Gasteiger partial charge >= 0.3 is 6.09 Å². The number of ether oxygens (including phenoxy) is 2. The van der Waals surface area contributed by atoms with E-state index >= 15 is 4.39 Å². The number of likely N-dealkylation sites (tertiary alicyclic amines) is 1. The number of carbonyl (C=O) groups excluding carboxylic acids is 1. The Labute approximate surface area is 153 Å². The fourth-order valence-electron chi connectivity index (χ4n) is 2.87. The number of rotatable bonds is 4. The van der Waals surface area contributed by atoms with Crippen LogP contribution in [0, 0.1) is 0 Å². The SMILES string of the molecule is COC1CCN(C(F)(NC(=O)OC(C)(C)C)c2cccc(Cl)c2)CC1. The Kier molecular flexibility index (Phi) is 6.30. The molecule has 7 heteroatoms. The van der Waals surface area contributed by atoms with E-state index in [0.29, 0.717) is 31.0 Å². The fraction of sp³-hybridized carbons (Fsp3) is 0.611. The third kappa shape index (κ3) is 5.30. The summed E-state index contributed by atoms with van der Waals surface area (Å²) >= 11 is 6.03. The van der Waals surface area contributed by atoms with E-state index in [2.05, 4.69) is 5.32 Å². The van der Waals surface area contributed by atoms with Crippen LogP contribution in [0.4, 0.5) is 9.18 Å². The number of hydrogen-bond acceptors (Lipinski definition) is 4. The standard InChI is InChI=1S/C18H26ClFN2O3/c1-17(2,3)25-16(23)21-18(20,13-6-5-7-14(19)12-13)22-10-8-15(24-4)9-11-22/h5-7,12,15H,8-11H2,1-4H3,(H,21,23). The number of nitrogens with zero attached hydrogens (tertiary/aromatic N) is 1. The number of amides is 1. The van der Waals surface area contributed by atoms with Crippen molar-refractivity contribution in [1.29, 1.82) is 0 Å². The molecule has 1 N–H and O–H groups in total. The van der Waals surface area contributed by atoms with Gasteiger partial charge in [-0.25, -0.2) is 9.69 Å². The van der Waals surface area contributed by atoms with Crippen molar-refractivity contribution < 1.29 is 18.7 Å². The first-order valence-corrected chi connectivity index (χ1v) is 8.76. The van der Waals surface area contributed by atoms with Crippen molar-refractivity contribution in [3.05, 3.63) is 34.9 Å². The van der Waals surface area contributed by atoms with Gasteiger partial charge in [0, 0.05) is 30.8 Å². The van der Waals surface area contributed by atoms with E-state index < -0.39 is 17.6 Å². The summed E-state index contributed by atoms with van der Waals surface area (Å²) in [7, 11) is 1.65. The summed E-state index contributed by atoms with van der Waals surface area (Å²) in [6.07, 6.45) is 0.641. The van der Waals surface area contributed by atoms with Crippen LogP contribution in [-0.4, -0.2) is 42.9 Å². The molecule has 0 radical (unpaired) electrons. The van der Waals surface area contributed by atoms with Gasteiger partial charge in [-0.05, 0) is 45.7 Å². The summed E-state index contributed by atoms with van der Waals surface area (Å²) in [5.74, 6) is -2.20. The van der Waals surface area contributed by atoms with Gasteiger partial charge in [0.15, 0.2) is 0 Å². The summed E-state index contributed by atoms with van der Waals surface area (Å²) in [5.41, 5.74) is -0.454. The van der Waals surface area contributed by atoms with Gasteiger partial charge in [0.2, 0.25) is 0 Å². The Balaban J connectivity index is 2.26. The predicted molar refractivity (Wildman–Crippen MR) is 95.2 cm³/mol. The zero-order valence-corrected chi connectivity index (χ0v) is 15.9. The minimum absolute atomic E-state index is 0.0985. The molecule has 25 heavy (non-hydrogen) atoms. The average Bonchev–Trinajstić information content (AvgIpc) is 2.53. The second-order valence-corrected chi connectivity index (χ2v) is 7.62. The monoisotopic (exact) mass is 372 g/mol. The molecule has 0 aromatic heterocycles. The van der Waals surface area contributed by atoms with E-state index in [1.54, 1.807) is 51.0 Å². The van der Waals surface area contributed by atoms with E-state index in [0.717, 1.165) is 0 Å². The molecule has 1 unspecified atom stereocenters. The minimum atomic E-state index is -2.20. The number of benzene rings is 1. The molecular formula is C18H26ClFN2O3. The Hall–Kier alpha value is -1.37. The lowest BCUT2D eigenvalue weighted by atomic mass is 10.0. The van der Waals surface area contributed by atoms with E-state index in [4.69, 9.17) is 21.1 Å². The van der Waals surface area contributed by atoms with Gasteiger partial charge in [-0.1, -0.05) is 23.7 Å². The van der Waals surface area contributed by atoms with Crippen LogP contribution in [-0.2, 0) is 15.4 Å². The molecule has 1 saturated heterocycles. The van der Waals surface area contributed by atoms with E-state index in [1.807, 2.05) is 0 Å². The Morgan fingerprint density at radius 1 is 1.32 bits per heavy atom. The number of piperidine rings is 1. The second-order valence-electron chi connectivity index (χ2n) is 7.18. The Morgan fingerprint density at radius 3 is 2.48 bits per heavy atom. The maximum atomic E-state index is 16.1. The van der Waals surface area contributed by atoms with Crippen LogP contribution in [0.25, 0.3) is 0 Å². The van der Waals surface area contributed by atoms with E-state index in [-0.39, 0.29) is 11.7 Å². The van der Waals surface area contributed by atoms with Crippen LogP contribution in [0.2, 0.25) is 5.02 Å². The number of halogens is 2. The predicted octanol–water partition coefficient (Wildman–Crippen LogP) is 4.06. The first-order chi connectivity index (χ1) is 11.6. The molecule has 140 valence electrons. The molecule has 0 saturated carbocycles. The maximum Gasteiger partial charge on any atom is 0.411 e. The minimum Gasteiger partial charge on any atom is -0.444 e. The number of alkyl halides is 1. The lowest BCUT2D eigenvalue weighted by Gasteiger charge is -2.41. The number of carbonyl (C=O) groups is 1. The van der Waals surface area contributed by atoms with Crippen LogP contribution in [0.1, 0.15) is 39.2 Å². The highest BCUT2D eigenvalue weighted by Gasteiger charge is 2.43. The van der Waals surface area contributed by atoms with Crippen LogP contribution >= 0.6 is 11.6 Å². The van der Waals surface area contributed by atoms with Gasteiger partial charge in [0.05, 0.1) is 6.10 Å². The van der Waals surface area contributed by atoms with Gasteiger partial charge in [-0.2, -0.15) is 4.39 Å². The molecule has 1 aromatic rings. The smallest absolute Gasteiger partial charge is 0.411 e. The summed E-state index contributed by atoms with van der Waals surface area (Å²) in [6, 6.07) is 6.44. The highest BCUT2D eigenvalue weighted by Crippen LogP contribution is 2.32. The number of alkyl carbamates (subject to hydrolysis) is 1. The Bertz CT molecular complexity index is 600. The molecule has 0 aliphatic carbocycles. The zero-order chi connectivity index (χ0) is 18.7. The molecule has 5 nitrogen and oxygen atoms in total. The van der Waals surface area contributed by atoms with Crippen molar-refractivity contribution in [2.75, 3.05) is 20.2 Å². The van der Waals surface area contributed by atoms with Crippen LogP contribution in [0.15, 0.2) is 24.3 Å². The van der Waals surface area contributed by atoms with Crippen molar-refractivity contribution in [2.24, 2.45) is 0 Å². The Morgan fingerprint density at radius 2 is 1.96 bits per heavy atom. The first kappa shape index (κ1) is 19.9. The average molecular weight is 373 g/mol. The molecule has 1 fully saturated rings. The van der Waals surface area contributed by atoms with Crippen LogP contribution < -0.4 is 5.32 Å². The molecule has 1 heterocycles. The molecule has 1 aromatic carbocycles. The number of methoxy groups -OCH3 is 1. The molecule has 0 bridgehead atoms. The zero-order valence-electron chi connectivity index (χ0n) is 15.1. The van der Waals surface area contributed by atoms with Gasteiger partial charge in [0.1, 0.15) is 5.60 Å². The first-order valence-electron chi connectivity index (χ1n) is 8.38. The van der Waals surface area contributed by atoms with E-state index in [1.165, 1.54) is 6.07 Å². The van der Waals surface area contributed by atoms with Gasteiger partial charge < -0.3 is 9.47 Å². The highest BCUT2D eigenvalue weighted by atomic mass is 35.5. The van der Waals surface area contributed by atoms with Gasteiger partial charge in [0.25, 0.3) is 5.92 Å². The molecule has 1 atom stereocenters. The summed E-state index contributed by atoms with van der Waals surface area (Å²) in [4.78, 5) is 13.8. The van der Waals surface area contributed by atoms with Crippen molar-refractivity contribution in [3.63, 3.8) is 0 Å². The van der Waals surface area contributed by atoms with Gasteiger partial charge in [-0.3, -0.25) is 5.32 Å². The molecule has 1 aliphatic rings. The van der Waals surface area contributed by atoms with Crippen molar-refractivity contribution in [1.82, 2.24) is 10.2 Å². The molecule has 1 aliphatic heterocycles. The topological polar surface area (TPSA) is 50.8 Å². The summed E-state index contributed by atoms with van der Waals surface area (Å²) in [6.45, 7) is 6.08. The number of nitrogens with one attached hydrogen (secondary N) is 1. The molecule has 2 rings (SSSR count). The normalized spacial score (nSPS) is 19.3. The lowest BCUT2D eigenvalue weighted by Crippen LogP contribution is -2.58. The van der Waals surface area contributed by atoms with Crippen molar-refractivity contribution in [2.45, 2.75) is 51.2 Å². The quantitative estimate of drug-likeness (QED) is 0.810. The number of hydrogen-bond donors (Lipinski definition) is 1. The molecule has 0 spiro atoms. The van der Waals surface area contributed by atoms with Crippen LogP contribution in [0.5, 0.6) is 0 Å². The highest BCUT2D eigenvalue weighted by molar-refractivity contribution is 6.30. The van der Waals surface area contributed by atoms with Crippen molar-refractivity contribution in [3.8, 4) is 0 Å². The third-order valence-corrected chi connectivity index (χ3v) is 4.32. The lowest BCUT2D eigenvalue weighted by molar-refractivity contribution is -0.0993.